The van der Waals surface area contributed by atoms with Crippen molar-refractivity contribution in [2.75, 3.05) is 44.2 Å². The van der Waals surface area contributed by atoms with Gasteiger partial charge in [-0.25, -0.2) is 17.2 Å². The molecule has 3 aliphatic carbocycles. The van der Waals surface area contributed by atoms with E-state index in [9.17, 15) is 42.0 Å². The summed E-state index contributed by atoms with van der Waals surface area (Å²) in [5.74, 6) is -9.57. The van der Waals surface area contributed by atoms with Crippen LogP contribution in [0.2, 0.25) is 5.02 Å². The number of halogens is 3. The highest BCUT2D eigenvalue weighted by Crippen LogP contribution is 2.68. The van der Waals surface area contributed by atoms with Gasteiger partial charge in [-0.3, -0.25) is 19.3 Å². The van der Waals surface area contributed by atoms with Gasteiger partial charge >= 0.3 is 5.97 Å². The lowest BCUT2D eigenvalue weighted by Crippen LogP contribution is -2.61. The van der Waals surface area contributed by atoms with Crippen molar-refractivity contribution < 1.29 is 36.7 Å². The molecule has 3 N–H and O–H groups in total. The Bertz CT molecular complexity index is 1530. The largest absolute Gasteiger partial charge is 0.481 e. The van der Waals surface area contributed by atoms with Gasteiger partial charge in [0, 0.05) is 43.8 Å². The maximum absolute atomic E-state index is 14.0. The van der Waals surface area contributed by atoms with Gasteiger partial charge < -0.3 is 20.6 Å². The van der Waals surface area contributed by atoms with E-state index >= 15 is 0 Å². The standard InChI is InChI=1S/C28H32ClF2N5O6S/c29-20-9-17(35-7-5-34(6-8-35)16-1-2-16)3-4-21(20)43(41,42)18-10-19(23(37)36-14-27(30,31)15-36)28(11-18,25(39)40)22-12-26(22,13-32)24(33)38/h3-4,9,16,18-19,22H,1-2,5-8,10-12,14-15H2,(H2,33,38)(H,39,40)/t18-,19+,22?,26?,28+/m1/s1. The van der Waals surface area contributed by atoms with Gasteiger partial charge in [-0.15, -0.1) is 0 Å². The summed E-state index contributed by atoms with van der Waals surface area (Å²) in [7, 11) is -4.35. The molecule has 11 nitrogen and oxygen atoms in total. The fraction of sp³-hybridized carbons (Fsp3) is 0.643. The van der Waals surface area contributed by atoms with Crippen LogP contribution in [-0.4, -0.2) is 97.6 Å². The molecule has 5 fully saturated rings. The van der Waals surface area contributed by atoms with Crippen LogP contribution in [-0.2, 0) is 24.2 Å². The smallest absolute Gasteiger partial charge is 0.310 e. The Morgan fingerprint density at radius 3 is 2.23 bits per heavy atom. The first kappa shape index (κ1) is 30.0. The third-order valence-corrected chi connectivity index (χ3v) is 12.8. The van der Waals surface area contributed by atoms with Crippen molar-refractivity contribution in [2.24, 2.45) is 28.4 Å². The Balaban J connectivity index is 1.30. The van der Waals surface area contributed by atoms with Crippen molar-refractivity contribution in [3.05, 3.63) is 23.2 Å². The van der Waals surface area contributed by atoms with Crippen LogP contribution in [0.3, 0.4) is 0 Å². The summed E-state index contributed by atoms with van der Waals surface area (Å²) < 4.78 is 55.4. The normalized spacial score (nSPS) is 33.9. The molecular formula is C28H32ClF2N5O6S. The molecule has 5 aliphatic rings. The number of likely N-dealkylation sites (tertiary alicyclic amines) is 1. The Morgan fingerprint density at radius 1 is 1.09 bits per heavy atom. The number of hydrogen-bond acceptors (Lipinski definition) is 8. The molecule has 0 bridgehead atoms. The van der Waals surface area contributed by atoms with E-state index in [0.717, 1.165) is 36.8 Å². The molecule has 2 unspecified atom stereocenters. The van der Waals surface area contributed by atoms with Crippen LogP contribution in [0.5, 0.6) is 0 Å². The van der Waals surface area contributed by atoms with Crippen molar-refractivity contribution in [2.45, 2.75) is 54.2 Å². The lowest BCUT2D eigenvalue weighted by Gasteiger charge is -2.42. The molecule has 2 saturated heterocycles. The quantitative estimate of drug-likeness (QED) is 0.431. The molecule has 5 atom stereocenters. The highest BCUT2D eigenvalue weighted by Gasteiger charge is 2.76. The van der Waals surface area contributed by atoms with Crippen molar-refractivity contribution in [1.82, 2.24) is 9.80 Å². The van der Waals surface area contributed by atoms with E-state index in [4.69, 9.17) is 17.3 Å². The number of carbonyl (C=O) groups is 3. The molecule has 6 rings (SSSR count). The van der Waals surface area contributed by atoms with E-state index in [1.54, 1.807) is 18.2 Å². The molecule has 43 heavy (non-hydrogen) atoms. The molecule has 232 valence electrons. The van der Waals surface area contributed by atoms with E-state index in [1.165, 1.54) is 18.9 Å². The Kier molecular flexibility index (Phi) is 6.98. The molecule has 0 aromatic heterocycles. The number of rotatable bonds is 8. The van der Waals surface area contributed by atoms with Crippen LogP contribution in [0.15, 0.2) is 23.1 Å². The number of piperazine rings is 1. The molecule has 1 aromatic carbocycles. The number of nitriles is 1. The number of hydrogen-bond donors (Lipinski definition) is 2. The third-order valence-electron chi connectivity index (χ3n) is 10.2. The summed E-state index contributed by atoms with van der Waals surface area (Å²) >= 11 is 6.54. The first-order chi connectivity index (χ1) is 20.2. The van der Waals surface area contributed by atoms with Crippen molar-refractivity contribution in [1.29, 1.82) is 5.26 Å². The van der Waals surface area contributed by atoms with Crippen molar-refractivity contribution >= 4 is 44.9 Å². The maximum atomic E-state index is 14.0. The monoisotopic (exact) mass is 639 g/mol. The average Bonchev–Trinajstić information content (AvgIpc) is 3.87. The predicted octanol–water partition coefficient (Wildman–Crippen LogP) is 1.74. The van der Waals surface area contributed by atoms with Crippen molar-refractivity contribution in [3.63, 3.8) is 0 Å². The molecule has 15 heteroatoms. The summed E-state index contributed by atoms with van der Waals surface area (Å²) in [6.45, 7) is 1.42. The maximum Gasteiger partial charge on any atom is 0.310 e. The summed E-state index contributed by atoms with van der Waals surface area (Å²) in [6.07, 6.45) is 1.05. The number of primary amides is 1. The molecule has 2 aliphatic heterocycles. The van der Waals surface area contributed by atoms with E-state index < -0.39 is 87.4 Å². The lowest BCUT2D eigenvalue weighted by atomic mass is 9.70. The second-order valence-electron chi connectivity index (χ2n) is 12.6. The van der Waals surface area contributed by atoms with Gasteiger partial charge in [0.25, 0.3) is 5.92 Å². The third kappa shape index (κ3) is 4.75. The molecule has 0 radical (unpaired) electrons. The number of alkyl halides is 2. The molecule has 2 heterocycles. The molecule has 0 spiro atoms. The second-order valence-corrected chi connectivity index (χ2v) is 15.2. The van der Waals surface area contributed by atoms with Crippen LogP contribution >= 0.6 is 11.6 Å². The van der Waals surface area contributed by atoms with Crippen LogP contribution in [0.4, 0.5) is 14.5 Å². The zero-order chi connectivity index (χ0) is 31.1. The molecular weight excluding hydrogens is 608 g/mol. The number of anilines is 1. The Morgan fingerprint density at radius 2 is 1.74 bits per heavy atom. The molecule has 2 amide bonds. The molecule has 3 saturated carbocycles. The van der Waals surface area contributed by atoms with Crippen LogP contribution < -0.4 is 10.6 Å². The Labute approximate surface area is 252 Å². The number of aliphatic carboxylic acids is 1. The number of benzene rings is 1. The Hall–Kier alpha value is -3.02. The lowest BCUT2D eigenvalue weighted by molar-refractivity contribution is -0.177. The van der Waals surface area contributed by atoms with Gasteiger partial charge in [-0.05, 0) is 50.3 Å². The number of sulfone groups is 1. The summed E-state index contributed by atoms with van der Waals surface area (Å²) in [6, 6.07) is 6.99. The van der Waals surface area contributed by atoms with Gasteiger partial charge in [-0.1, -0.05) is 11.6 Å². The van der Waals surface area contributed by atoms with Crippen LogP contribution in [0.1, 0.15) is 32.1 Å². The van der Waals surface area contributed by atoms with Gasteiger partial charge in [0.05, 0.1) is 45.7 Å². The van der Waals surface area contributed by atoms with E-state index in [-0.39, 0.29) is 16.3 Å². The van der Waals surface area contributed by atoms with E-state index in [0.29, 0.717) is 6.04 Å². The minimum Gasteiger partial charge on any atom is -0.481 e. The van der Waals surface area contributed by atoms with Gasteiger partial charge in [0.2, 0.25) is 11.8 Å². The van der Waals surface area contributed by atoms with Crippen molar-refractivity contribution in [3.8, 4) is 6.07 Å². The van der Waals surface area contributed by atoms with Gasteiger partial charge in [-0.2, -0.15) is 5.26 Å². The predicted molar refractivity (Wildman–Crippen MR) is 149 cm³/mol. The molecule has 1 aromatic rings. The SMILES string of the molecule is N#CC1(C(N)=O)CC1[C@]1(C(=O)O)C[C@H](S(=O)(=O)c2ccc(N3CCN(C4CC4)CC3)cc2Cl)C[C@H]1C(=O)N1CC(F)(F)C1. The average molecular weight is 640 g/mol. The fourth-order valence-electron chi connectivity index (χ4n) is 7.51. The number of nitrogens with zero attached hydrogens (tertiary/aromatic N) is 4. The minimum absolute atomic E-state index is 0.0601. The highest BCUT2D eigenvalue weighted by molar-refractivity contribution is 7.92. The van der Waals surface area contributed by atoms with E-state index in [2.05, 4.69) is 9.80 Å². The topological polar surface area (TPSA) is 165 Å². The summed E-state index contributed by atoms with van der Waals surface area (Å²) in [5, 5.41) is 18.8. The van der Waals surface area contributed by atoms with Gasteiger partial charge in [0.15, 0.2) is 9.84 Å². The number of carboxylic acids is 1. The zero-order valence-electron chi connectivity index (χ0n) is 23.2. The zero-order valence-corrected chi connectivity index (χ0v) is 24.8. The first-order valence-electron chi connectivity index (χ1n) is 14.3. The van der Waals surface area contributed by atoms with Crippen LogP contribution in [0.25, 0.3) is 0 Å². The number of nitrogens with two attached hydrogens (primary N) is 1. The summed E-state index contributed by atoms with van der Waals surface area (Å²) in [4.78, 5) is 43.8. The van der Waals surface area contributed by atoms with Crippen LogP contribution in [0, 0.1) is 34.0 Å². The number of amides is 2. The fourth-order valence-corrected chi connectivity index (χ4v) is 9.90. The number of carboxylic acid groups (broad SMARTS) is 1. The second kappa shape index (κ2) is 10.0. The number of carbonyl (C=O) groups excluding carboxylic acids is 2. The first-order valence-corrected chi connectivity index (χ1v) is 16.2. The van der Waals surface area contributed by atoms with E-state index in [1.807, 2.05) is 0 Å². The minimum atomic E-state index is -4.35. The summed E-state index contributed by atoms with van der Waals surface area (Å²) in [5.41, 5.74) is 2.11. The van der Waals surface area contributed by atoms with Gasteiger partial charge in [0.1, 0.15) is 5.41 Å². The highest BCUT2D eigenvalue weighted by atomic mass is 35.5.